The average Bonchev–Trinajstić information content (AvgIpc) is 2.42. The van der Waals surface area contributed by atoms with Crippen molar-refractivity contribution >= 4 is 9.84 Å². The summed E-state index contributed by atoms with van der Waals surface area (Å²) in [6.45, 7) is -0.502. The van der Waals surface area contributed by atoms with Gasteiger partial charge in [-0.3, -0.25) is 0 Å². The second-order valence-corrected chi connectivity index (χ2v) is 6.41. The van der Waals surface area contributed by atoms with E-state index in [1.807, 2.05) is 0 Å². The first-order valence-corrected chi connectivity index (χ1v) is 7.77. The Bertz CT molecular complexity index is 749. The highest BCUT2D eigenvalue weighted by atomic mass is 32.2. The van der Waals surface area contributed by atoms with Crippen LogP contribution in [-0.2, 0) is 16.4 Å². The van der Waals surface area contributed by atoms with E-state index in [4.69, 9.17) is 9.84 Å². The molecule has 112 valence electrons. The van der Waals surface area contributed by atoms with E-state index in [1.165, 1.54) is 24.3 Å². The molecule has 0 unspecified atom stereocenters. The summed E-state index contributed by atoms with van der Waals surface area (Å²) in [5.41, 5.74) is 0.0715. The van der Waals surface area contributed by atoms with Crippen molar-refractivity contribution in [2.75, 3.05) is 6.26 Å². The highest BCUT2D eigenvalue weighted by molar-refractivity contribution is 7.90. The lowest BCUT2D eigenvalue weighted by Crippen LogP contribution is -1.99. The average molecular weight is 314 g/mol. The fourth-order valence-corrected chi connectivity index (χ4v) is 2.34. The Morgan fingerprint density at radius 2 is 1.76 bits per heavy atom. The molecule has 0 spiro atoms. The SMILES string of the molecule is CS(=O)(=O)c1cccc(Oc2c(F)cc(CO)cc2F)c1. The van der Waals surface area contributed by atoms with Gasteiger partial charge in [-0.05, 0) is 35.9 Å². The number of ether oxygens (including phenoxy) is 1. The summed E-state index contributed by atoms with van der Waals surface area (Å²) in [5.74, 6) is -2.63. The second kappa shape index (κ2) is 5.79. The van der Waals surface area contributed by atoms with Crippen LogP contribution in [0, 0.1) is 11.6 Å². The minimum absolute atomic E-state index is 0.00697. The predicted molar refractivity (Wildman–Crippen MR) is 71.9 cm³/mol. The lowest BCUT2D eigenvalue weighted by Gasteiger charge is -2.10. The van der Waals surface area contributed by atoms with Gasteiger partial charge in [0.15, 0.2) is 27.2 Å². The number of hydrogen-bond donors (Lipinski definition) is 1. The molecule has 0 aliphatic heterocycles. The fraction of sp³-hybridized carbons (Fsp3) is 0.143. The molecule has 0 saturated heterocycles. The Morgan fingerprint density at radius 1 is 1.14 bits per heavy atom. The predicted octanol–water partition coefficient (Wildman–Crippen LogP) is 2.65. The van der Waals surface area contributed by atoms with E-state index in [1.54, 1.807) is 0 Å². The van der Waals surface area contributed by atoms with Crippen LogP contribution in [0.1, 0.15) is 5.56 Å². The van der Waals surface area contributed by atoms with Crippen LogP contribution in [0.3, 0.4) is 0 Å². The molecule has 1 N–H and O–H groups in total. The topological polar surface area (TPSA) is 63.6 Å². The number of hydrogen-bond acceptors (Lipinski definition) is 4. The first-order chi connectivity index (χ1) is 9.81. The van der Waals surface area contributed by atoms with Crippen LogP contribution in [0.2, 0.25) is 0 Å². The normalized spacial score (nSPS) is 11.4. The number of rotatable bonds is 4. The van der Waals surface area contributed by atoms with Crippen molar-refractivity contribution in [3.05, 3.63) is 53.6 Å². The van der Waals surface area contributed by atoms with Gasteiger partial charge in [0.25, 0.3) is 0 Å². The lowest BCUT2D eigenvalue weighted by atomic mass is 10.2. The summed E-state index contributed by atoms with van der Waals surface area (Å²) >= 11 is 0. The van der Waals surface area contributed by atoms with Crippen LogP contribution >= 0.6 is 0 Å². The molecule has 0 amide bonds. The van der Waals surface area contributed by atoms with Gasteiger partial charge < -0.3 is 9.84 Å². The minimum atomic E-state index is -3.45. The van der Waals surface area contributed by atoms with Gasteiger partial charge in [-0.2, -0.15) is 0 Å². The van der Waals surface area contributed by atoms with E-state index in [0.717, 1.165) is 18.4 Å². The summed E-state index contributed by atoms with van der Waals surface area (Å²) < 4.78 is 55.4. The quantitative estimate of drug-likeness (QED) is 0.942. The van der Waals surface area contributed by atoms with Crippen molar-refractivity contribution in [2.45, 2.75) is 11.5 Å². The molecule has 21 heavy (non-hydrogen) atoms. The van der Waals surface area contributed by atoms with Crippen molar-refractivity contribution in [3.63, 3.8) is 0 Å². The molecule has 2 aromatic rings. The highest BCUT2D eigenvalue weighted by Crippen LogP contribution is 2.29. The summed E-state index contributed by atoms with van der Waals surface area (Å²) in [6, 6.07) is 7.20. The summed E-state index contributed by atoms with van der Waals surface area (Å²) in [5, 5.41) is 8.85. The largest absolute Gasteiger partial charge is 0.451 e. The van der Waals surface area contributed by atoms with Crippen LogP contribution < -0.4 is 4.74 Å². The number of halogens is 2. The molecular formula is C14H12F2O4S. The summed E-state index contributed by atoms with van der Waals surface area (Å²) in [7, 11) is -3.45. The van der Waals surface area contributed by atoms with E-state index < -0.39 is 33.8 Å². The smallest absolute Gasteiger partial charge is 0.198 e. The first-order valence-electron chi connectivity index (χ1n) is 5.88. The Kier molecular flexibility index (Phi) is 4.24. The maximum Gasteiger partial charge on any atom is 0.198 e. The monoisotopic (exact) mass is 314 g/mol. The maximum atomic E-state index is 13.7. The molecule has 7 heteroatoms. The summed E-state index contributed by atoms with van der Waals surface area (Å²) in [6.07, 6.45) is 1.02. The standard InChI is InChI=1S/C14H12F2O4S/c1-21(18,19)11-4-2-3-10(7-11)20-14-12(15)5-9(8-17)6-13(14)16/h2-7,17H,8H2,1H3. The van der Waals surface area contributed by atoms with Gasteiger partial charge in [-0.15, -0.1) is 0 Å². The lowest BCUT2D eigenvalue weighted by molar-refractivity contribution is 0.279. The first kappa shape index (κ1) is 15.4. The zero-order chi connectivity index (χ0) is 15.6. The van der Waals surface area contributed by atoms with E-state index in [0.29, 0.717) is 0 Å². The Labute approximate surface area is 120 Å². The van der Waals surface area contributed by atoms with Crippen LogP contribution in [0.5, 0.6) is 11.5 Å². The van der Waals surface area contributed by atoms with E-state index in [-0.39, 0.29) is 16.2 Å². The van der Waals surface area contributed by atoms with Crippen molar-refractivity contribution in [1.82, 2.24) is 0 Å². The van der Waals surface area contributed by atoms with Gasteiger partial charge in [-0.25, -0.2) is 17.2 Å². The zero-order valence-corrected chi connectivity index (χ0v) is 11.8. The molecule has 0 atom stereocenters. The minimum Gasteiger partial charge on any atom is -0.451 e. The van der Waals surface area contributed by atoms with Gasteiger partial charge in [0.1, 0.15) is 5.75 Å². The molecule has 0 fully saturated rings. The zero-order valence-electron chi connectivity index (χ0n) is 11.0. The Hall–Kier alpha value is -1.99. The Morgan fingerprint density at radius 3 is 2.29 bits per heavy atom. The third kappa shape index (κ3) is 3.56. The van der Waals surface area contributed by atoms with Crippen molar-refractivity contribution in [2.24, 2.45) is 0 Å². The molecule has 0 heterocycles. The molecule has 2 aromatic carbocycles. The van der Waals surface area contributed by atoms with Gasteiger partial charge in [0.05, 0.1) is 11.5 Å². The van der Waals surface area contributed by atoms with Gasteiger partial charge >= 0.3 is 0 Å². The van der Waals surface area contributed by atoms with E-state index >= 15 is 0 Å². The van der Waals surface area contributed by atoms with Crippen molar-refractivity contribution < 1.29 is 27.0 Å². The van der Waals surface area contributed by atoms with Gasteiger partial charge in [0, 0.05) is 6.26 Å². The van der Waals surface area contributed by atoms with Crippen LogP contribution in [0.25, 0.3) is 0 Å². The molecule has 0 bridgehead atoms. The molecule has 4 nitrogen and oxygen atoms in total. The molecule has 2 rings (SSSR count). The third-order valence-electron chi connectivity index (χ3n) is 2.69. The molecule has 0 saturated carbocycles. The van der Waals surface area contributed by atoms with Crippen LogP contribution in [0.4, 0.5) is 8.78 Å². The van der Waals surface area contributed by atoms with Gasteiger partial charge in [0.2, 0.25) is 0 Å². The summed E-state index contributed by atoms with van der Waals surface area (Å²) in [4.78, 5) is -0.0206. The molecule has 0 radical (unpaired) electrons. The third-order valence-corrected chi connectivity index (χ3v) is 3.80. The van der Waals surface area contributed by atoms with Crippen LogP contribution in [-0.4, -0.2) is 19.8 Å². The van der Waals surface area contributed by atoms with E-state index in [9.17, 15) is 17.2 Å². The fourth-order valence-electron chi connectivity index (χ4n) is 1.69. The molecule has 0 aromatic heterocycles. The highest BCUT2D eigenvalue weighted by Gasteiger charge is 2.15. The molecular weight excluding hydrogens is 302 g/mol. The molecule has 0 aliphatic carbocycles. The van der Waals surface area contributed by atoms with Crippen molar-refractivity contribution in [3.8, 4) is 11.5 Å². The number of aliphatic hydroxyl groups excluding tert-OH is 1. The second-order valence-electron chi connectivity index (χ2n) is 4.40. The maximum absolute atomic E-state index is 13.7. The number of benzene rings is 2. The number of sulfone groups is 1. The molecule has 0 aliphatic rings. The van der Waals surface area contributed by atoms with Gasteiger partial charge in [-0.1, -0.05) is 6.07 Å². The van der Waals surface area contributed by atoms with Crippen LogP contribution in [0.15, 0.2) is 41.3 Å². The Balaban J connectivity index is 2.39. The number of aliphatic hydroxyl groups is 1. The van der Waals surface area contributed by atoms with E-state index in [2.05, 4.69) is 0 Å². The van der Waals surface area contributed by atoms with Crippen molar-refractivity contribution in [1.29, 1.82) is 0 Å².